The van der Waals surface area contributed by atoms with E-state index in [0.29, 0.717) is 24.3 Å². The highest BCUT2D eigenvalue weighted by molar-refractivity contribution is 6.32. The molecule has 1 atom stereocenters. The van der Waals surface area contributed by atoms with Crippen LogP contribution in [-0.4, -0.2) is 42.3 Å². The van der Waals surface area contributed by atoms with Gasteiger partial charge in [-0.1, -0.05) is 29.8 Å². The first-order chi connectivity index (χ1) is 13.8. The van der Waals surface area contributed by atoms with E-state index in [0.717, 1.165) is 19.0 Å². The lowest BCUT2D eigenvalue weighted by molar-refractivity contribution is -0.138. The zero-order valence-corrected chi connectivity index (χ0v) is 16.4. The summed E-state index contributed by atoms with van der Waals surface area (Å²) in [7, 11) is 0. The Balaban J connectivity index is 1.97. The molecule has 1 unspecified atom stereocenters. The molecular weight excluding hydrogens is 403 g/mol. The smallest absolute Gasteiger partial charge is 0.395 e. The molecule has 0 aromatic heterocycles. The van der Waals surface area contributed by atoms with E-state index in [-0.39, 0.29) is 29.8 Å². The van der Waals surface area contributed by atoms with Gasteiger partial charge in [0.2, 0.25) is 0 Å². The number of rotatable bonds is 6. The second-order valence-corrected chi connectivity index (χ2v) is 7.43. The first-order valence-corrected chi connectivity index (χ1v) is 9.66. The molecule has 1 aliphatic heterocycles. The predicted molar refractivity (Wildman–Crippen MR) is 106 cm³/mol. The van der Waals surface area contributed by atoms with Gasteiger partial charge in [0.05, 0.1) is 22.8 Å². The minimum Gasteiger partial charge on any atom is -0.395 e. The van der Waals surface area contributed by atoms with Crippen molar-refractivity contribution >= 4 is 17.3 Å². The highest BCUT2D eigenvalue weighted by Crippen LogP contribution is 2.35. The summed E-state index contributed by atoms with van der Waals surface area (Å²) in [5, 5.41) is 18.6. The lowest BCUT2D eigenvalue weighted by Gasteiger charge is -2.32. The maximum Gasteiger partial charge on any atom is 0.416 e. The van der Waals surface area contributed by atoms with Gasteiger partial charge in [-0.3, -0.25) is 4.90 Å². The fourth-order valence-corrected chi connectivity index (χ4v) is 3.95. The number of β-amino-alcohol motifs (C(OH)–C–C–N with tert-alkyl or cyclic N) is 1. The van der Waals surface area contributed by atoms with E-state index >= 15 is 0 Å². The van der Waals surface area contributed by atoms with Crippen LogP contribution in [0, 0.1) is 11.3 Å². The van der Waals surface area contributed by atoms with Gasteiger partial charge in [-0.25, -0.2) is 0 Å². The predicted octanol–water partition coefficient (Wildman–Crippen LogP) is 4.30. The number of hydrogen-bond donors (Lipinski definition) is 1. The van der Waals surface area contributed by atoms with Crippen LogP contribution >= 0.6 is 11.6 Å². The number of alkyl halides is 3. The molecule has 0 saturated carbocycles. The topological polar surface area (TPSA) is 50.5 Å². The van der Waals surface area contributed by atoms with Crippen molar-refractivity contribution in [3.05, 3.63) is 64.2 Å². The first kappa shape index (κ1) is 21.4. The standard InChI is InChI=1S/C21H21ClF3N3O/c22-20-11-17(6-5-15(20)12-26)28(18-7-8-27(14-18)9-10-29)13-16-3-1-2-4-19(16)21(23,24)25/h1-6,11,18,29H,7-10,13-14H2. The maximum atomic E-state index is 13.5. The summed E-state index contributed by atoms with van der Waals surface area (Å²) >= 11 is 6.19. The van der Waals surface area contributed by atoms with E-state index < -0.39 is 11.7 Å². The number of anilines is 1. The van der Waals surface area contributed by atoms with Crippen LogP contribution in [0.1, 0.15) is 23.1 Å². The lowest BCUT2D eigenvalue weighted by atomic mass is 10.0. The van der Waals surface area contributed by atoms with E-state index in [4.69, 9.17) is 16.9 Å². The van der Waals surface area contributed by atoms with Gasteiger partial charge in [0.1, 0.15) is 6.07 Å². The molecule has 0 amide bonds. The molecular formula is C21H21ClF3N3O. The van der Waals surface area contributed by atoms with Crippen LogP contribution in [0.4, 0.5) is 18.9 Å². The summed E-state index contributed by atoms with van der Waals surface area (Å²) in [6, 6.07) is 12.5. The quantitative estimate of drug-likeness (QED) is 0.752. The Hall–Kier alpha value is -2.27. The SMILES string of the molecule is N#Cc1ccc(N(Cc2ccccc2C(F)(F)F)C2CCN(CCO)C2)cc1Cl. The van der Waals surface area contributed by atoms with Crippen molar-refractivity contribution in [3.8, 4) is 6.07 Å². The van der Waals surface area contributed by atoms with Crippen LogP contribution in [0.25, 0.3) is 0 Å². The second kappa shape index (κ2) is 9.04. The van der Waals surface area contributed by atoms with Crippen LogP contribution < -0.4 is 4.90 Å². The number of aliphatic hydroxyl groups excluding tert-OH is 1. The molecule has 154 valence electrons. The zero-order chi connectivity index (χ0) is 21.0. The number of benzene rings is 2. The molecule has 3 rings (SSSR count). The van der Waals surface area contributed by atoms with Gasteiger partial charge in [0, 0.05) is 37.9 Å². The molecule has 1 N–H and O–H groups in total. The van der Waals surface area contributed by atoms with Crippen LogP contribution in [0.5, 0.6) is 0 Å². The third-order valence-electron chi connectivity index (χ3n) is 5.17. The average Bonchev–Trinajstić information content (AvgIpc) is 3.14. The number of nitrogens with zero attached hydrogens (tertiary/aromatic N) is 3. The Morgan fingerprint density at radius 2 is 2.00 bits per heavy atom. The van der Waals surface area contributed by atoms with Crippen molar-refractivity contribution in [3.63, 3.8) is 0 Å². The van der Waals surface area contributed by atoms with Gasteiger partial charge < -0.3 is 10.0 Å². The van der Waals surface area contributed by atoms with Crippen molar-refractivity contribution in [1.82, 2.24) is 4.90 Å². The zero-order valence-electron chi connectivity index (χ0n) is 15.7. The molecule has 1 heterocycles. The third-order valence-corrected chi connectivity index (χ3v) is 5.49. The Labute approximate surface area is 172 Å². The molecule has 0 aliphatic carbocycles. The summed E-state index contributed by atoms with van der Waals surface area (Å²) in [6.45, 7) is 2.01. The van der Waals surface area contributed by atoms with Gasteiger partial charge in [-0.05, 0) is 36.2 Å². The van der Waals surface area contributed by atoms with Crippen molar-refractivity contribution in [2.75, 3.05) is 31.1 Å². The van der Waals surface area contributed by atoms with E-state index in [1.165, 1.54) is 12.1 Å². The van der Waals surface area contributed by atoms with Crippen molar-refractivity contribution in [2.45, 2.75) is 25.2 Å². The highest BCUT2D eigenvalue weighted by atomic mass is 35.5. The first-order valence-electron chi connectivity index (χ1n) is 9.28. The molecule has 4 nitrogen and oxygen atoms in total. The van der Waals surface area contributed by atoms with Crippen molar-refractivity contribution in [2.24, 2.45) is 0 Å². The normalized spacial score (nSPS) is 17.3. The number of halogens is 4. The molecule has 1 saturated heterocycles. The summed E-state index contributed by atoms with van der Waals surface area (Å²) in [6.07, 6.45) is -3.69. The summed E-state index contributed by atoms with van der Waals surface area (Å²) < 4.78 is 40.5. The number of nitriles is 1. The Morgan fingerprint density at radius 3 is 2.66 bits per heavy atom. The molecule has 29 heavy (non-hydrogen) atoms. The largest absolute Gasteiger partial charge is 0.416 e. The minimum atomic E-state index is -4.44. The Kier molecular flexibility index (Phi) is 6.68. The monoisotopic (exact) mass is 423 g/mol. The van der Waals surface area contributed by atoms with Gasteiger partial charge in [0.25, 0.3) is 0 Å². The number of likely N-dealkylation sites (tertiary alicyclic amines) is 1. The lowest BCUT2D eigenvalue weighted by Crippen LogP contribution is -2.38. The van der Waals surface area contributed by atoms with Gasteiger partial charge in [0.15, 0.2) is 0 Å². The van der Waals surface area contributed by atoms with E-state index in [1.54, 1.807) is 24.3 Å². The highest BCUT2D eigenvalue weighted by Gasteiger charge is 2.35. The van der Waals surface area contributed by atoms with Crippen molar-refractivity contribution in [1.29, 1.82) is 5.26 Å². The Bertz CT molecular complexity index is 897. The average molecular weight is 424 g/mol. The molecule has 1 aliphatic rings. The number of aliphatic hydroxyl groups is 1. The van der Waals surface area contributed by atoms with Gasteiger partial charge in [-0.2, -0.15) is 18.4 Å². The van der Waals surface area contributed by atoms with E-state index in [9.17, 15) is 18.3 Å². The minimum absolute atomic E-state index is 0.0340. The molecule has 8 heteroatoms. The Morgan fingerprint density at radius 1 is 1.24 bits per heavy atom. The molecule has 2 aromatic rings. The fraction of sp³-hybridized carbons (Fsp3) is 0.381. The summed E-state index contributed by atoms with van der Waals surface area (Å²) in [5.74, 6) is 0. The van der Waals surface area contributed by atoms with Crippen LogP contribution in [0.3, 0.4) is 0 Å². The second-order valence-electron chi connectivity index (χ2n) is 7.03. The number of hydrogen-bond acceptors (Lipinski definition) is 4. The molecule has 2 aromatic carbocycles. The summed E-state index contributed by atoms with van der Waals surface area (Å²) in [4.78, 5) is 3.99. The maximum absolute atomic E-state index is 13.5. The molecule has 0 radical (unpaired) electrons. The summed E-state index contributed by atoms with van der Waals surface area (Å²) in [5.41, 5.74) is 0.511. The molecule has 0 bridgehead atoms. The van der Waals surface area contributed by atoms with Crippen LogP contribution in [0.15, 0.2) is 42.5 Å². The van der Waals surface area contributed by atoms with Crippen LogP contribution in [0.2, 0.25) is 5.02 Å². The third kappa shape index (κ3) is 5.02. The van der Waals surface area contributed by atoms with Gasteiger partial charge >= 0.3 is 6.18 Å². The molecule has 1 fully saturated rings. The van der Waals surface area contributed by atoms with Crippen molar-refractivity contribution < 1.29 is 18.3 Å². The van der Waals surface area contributed by atoms with Crippen LogP contribution in [-0.2, 0) is 12.7 Å². The van der Waals surface area contributed by atoms with E-state index in [1.807, 2.05) is 11.0 Å². The van der Waals surface area contributed by atoms with Gasteiger partial charge in [-0.15, -0.1) is 0 Å². The molecule has 0 spiro atoms. The fourth-order valence-electron chi connectivity index (χ4n) is 3.73. The van der Waals surface area contributed by atoms with E-state index in [2.05, 4.69) is 4.90 Å².